The fourth-order valence-corrected chi connectivity index (χ4v) is 1.50. The van der Waals surface area contributed by atoms with Gasteiger partial charge in [0.2, 0.25) is 0 Å². The Morgan fingerprint density at radius 1 is 1.70 bits per heavy atom. The minimum absolute atomic E-state index is 0.428. The summed E-state index contributed by atoms with van der Waals surface area (Å²) in [6, 6.07) is 1.62. The van der Waals surface area contributed by atoms with E-state index in [1.807, 2.05) is 0 Å². The van der Waals surface area contributed by atoms with Crippen molar-refractivity contribution in [2.45, 2.75) is 0 Å². The van der Waals surface area contributed by atoms with Gasteiger partial charge in [0.1, 0.15) is 10.4 Å². The molecule has 1 rings (SSSR count). The van der Waals surface area contributed by atoms with Gasteiger partial charge < -0.3 is 5.73 Å². The van der Waals surface area contributed by atoms with Crippen molar-refractivity contribution in [1.29, 1.82) is 0 Å². The highest BCUT2D eigenvalue weighted by atomic mass is 127. The third-order valence-corrected chi connectivity index (χ3v) is 3.92. The normalized spacial score (nSPS) is 9.90. The first-order valence-corrected chi connectivity index (χ1v) is 4.63. The van der Waals surface area contributed by atoms with Crippen LogP contribution < -0.4 is 5.73 Å². The molecule has 10 heavy (non-hydrogen) atoms. The monoisotopic (exact) mass is 332 g/mol. The third-order valence-electron chi connectivity index (χ3n) is 0.893. The van der Waals surface area contributed by atoms with E-state index >= 15 is 0 Å². The molecular formula is C5H3BrClIN2. The number of rotatable bonds is 0. The summed E-state index contributed by atoms with van der Waals surface area (Å²) in [7, 11) is 0. The maximum Gasteiger partial charge on any atom is 0.126 e. The molecule has 54 valence electrons. The van der Waals surface area contributed by atoms with Crippen LogP contribution in [0.25, 0.3) is 0 Å². The molecular weight excluding hydrogens is 330 g/mol. The highest BCUT2D eigenvalue weighted by Crippen LogP contribution is 2.26. The smallest absolute Gasteiger partial charge is 0.126 e. The molecule has 0 aliphatic carbocycles. The summed E-state index contributed by atoms with van der Waals surface area (Å²) >= 11 is 11.1. The molecule has 0 aliphatic rings. The molecule has 1 aromatic rings. The molecule has 0 radical (unpaired) electrons. The summed E-state index contributed by atoms with van der Waals surface area (Å²) in [6.07, 6.45) is 0. The second-order valence-corrected chi connectivity index (χ2v) is 3.87. The Morgan fingerprint density at radius 3 is 2.80 bits per heavy atom. The fraction of sp³-hybridized carbons (Fsp3) is 0. The van der Waals surface area contributed by atoms with E-state index in [1.54, 1.807) is 6.07 Å². The Labute approximate surface area is 85.4 Å². The minimum atomic E-state index is 0.428. The van der Waals surface area contributed by atoms with Crippen molar-refractivity contribution in [2.24, 2.45) is 0 Å². The van der Waals surface area contributed by atoms with Gasteiger partial charge in [0, 0.05) is 6.07 Å². The summed E-state index contributed by atoms with van der Waals surface area (Å²) < 4.78 is 1.58. The van der Waals surface area contributed by atoms with E-state index in [1.165, 1.54) is 0 Å². The van der Waals surface area contributed by atoms with E-state index < -0.39 is 0 Å². The molecule has 0 fully saturated rings. The van der Waals surface area contributed by atoms with E-state index in [-0.39, 0.29) is 0 Å². The summed E-state index contributed by atoms with van der Waals surface area (Å²) in [6.45, 7) is 0. The predicted molar refractivity (Wildman–Crippen MR) is 54.1 cm³/mol. The molecule has 2 nitrogen and oxygen atoms in total. The van der Waals surface area contributed by atoms with Crippen LogP contribution in [0.4, 0.5) is 5.82 Å². The van der Waals surface area contributed by atoms with Gasteiger partial charge in [-0.25, -0.2) is 4.98 Å². The van der Waals surface area contributed by atoms with Crippen LogP contribution in [-0.2, 0) is 0 Å². The Hall–Kier alpha value is 0.450. The van der Waals surface area contributed by atoms with Crippen molar-refractivity contribution in [2.75, 3.05) is 5.73 Å². The van der Waals surface area contributed by atoms with Crippen molar-refractivity contribution in [3.8, 4) is 0 Å². The maximum atomic E-state index is 5.76. The van der Waals surface area contributed by atoms with Crippen LogP contribution in [0, 0.1) is 3.57 Å². The number of nitrogens with two attached hydrogens (primary N) is 1. The van der Waals surface area contributed by atoms with Gasteiger partial charge in [-0.2, -0.15) is 0 Å². The quantitative estimate of drug-likeness (QED) is 0.586. The highest BCUT2D eigenvalue weighted by molar-refractivity contribution is 14.1. The van der Waals surface area contributed by atoms with Gasteiger partial charge in [-0.05, 0) is 38.5 Å². The van der Waals surface area contributed by atoms with Gasteiger partial charge in [-0.3, -0.25) is 0 Å². The van der Waals surface area contributed by atoms with Gasteiger partial charge in [-0.1, -0.05) is 11.6 Å². The van der Waals surface area contributed by atoms with Crippen molar-refractivity contribution in [1.82, 2.24) is 4.98 Å². The van der Waals surface area contributed by atoms with Crippen molar-refractivity contribution < 1.29 is 0 Å². The second kappa shape index (κ2) is 3.23. The number of aromatic nitrogens is 1. The molecule has 0 atom stereocenters. The highest BCUT2D eigenvalue weighted by Gasteiger charge is 2.03. The lowest BCUT2D eigenvalue weighted by Crippen LogP contribution is -1.92. The van der Waals surface area contributed by atoms with Crippen LogP contribution in [0.15, 0.2) is 10.7 Å². The minimum Gasteiger partial charge on any atom is -0.384 e. The zero-order valence-corrected chi connectivity index (χ0v) is 9.24. The second-order valence-electron chi connectivity index (χ2n) is 1.63. The zero-order valence-electron chi connectivity index (χ0n) is 4.74. The molecule has 0 unspecified atom stereocenters. The largest absolute Gasteiger partial charge is 0.384 e. The first kappa shape index (κ1) is 8.55. The summed E-state index contributed by atoms with van der Waals surface area (Å²) in [5, 5.41) is 0.625. The molecule has 5 heteroatoms. The lowest BCUT2D eigenvalue weighted by atomic mass is 10.5. The van der Waals surface area contributed by atoms with E-state index in [2.05, 4.69) is 43.5 Å². The summed E-state index contributed by atoms with van der Waals surface area (Å²) in [5.74, 6) is 0.428. The molecule has 2 N–H and O–H groups in total. The molecule has 0 aromatic carbocycles. The zero-order chi connectivity index (χ0) is 7.72. The number of hydrogen-bond donors (Lipinski definition) is 1. The molecule has 0 spiro atoms. The molecule has 1 heterocycles. The van der Waals surface area contributed by atoms with Gasteiger partial charge in [0.15, 0.2) is 0 Å². The predicted octanol–water partition coefficient (Wildman–Crippen LogP) is 2.68. The topological polar surface area (TPSA) is 38.9 Å². The van der Waals surface area contributed by atoms with Crippen LogP contribution >= 0.6 is 50.1 Å². The first-order chi connectivity index (χ1) is 4.61. The molecule has 1 aromatic heterocycles. The van der Waals surface area contributed by atoms with Gasteiger partial charge in [0.05, 0.1) is 8.59 Å². The molecule has 0 amide bonds. The number of hydrogen-bond acceptors (Lipinski definition) is 2. The van der Waals surface area contributed by atoms with E-state index in [4.69, 9.17) is 17.3 Å². The molecule has 0 saturated carbocycles. The average molecular weight is 333 g/mol. The molecule has 0 bridgehead atoms. The van der Waals surface area contributed by atoms with Crippen LogP contribution in [0.3, 0.4) is 0 Å². The van der Waals surface area contributed by atoms with E-state index in [9.17, 15) is 0 Å². The number of nitrogen functional groups attached to an aromatic ring is 1. The summed E-state index contributed by atoms with van der Waals surface area (Å²) in [5.41, 5.74) is 5.40. The van der Waals surface area contributed by atoms with Crippen LogP contribution in [0.5, 0.6) is 0 Å². The Bertz CT molecular complexity index is 243. The molecule has 0 aliphatic heterocycles. The third kappa shape index (κ3) is 1.73. The van der Waals surface area contributed by atoms with E-state index in [0.29, 0.717) is 15.4 Å². The summed E-state index contributed by atoms with van der Waals surface area (Å²) in [4.78, 5) is 3.94. The Morgan fingerprint density at radius 2 is 2.30 bits per heavy atom. The van der Waals surface area contributed by atoms with Crippen LogP contribution in [-0.4, -0.2) is 4.98 Å². The average Bonchev–Trinajstić information content (AvgIpc) is 1.82. The van der Waals surface area contributed by atoms with E-state index in [0.717, 1.165) is 3.57 Å². The van der Waals surface area contributed by atoms with Gasteiger partial charge in [0.25, 0.3) is 0 Å². The Balaban J connectivity index is 3.31. The molecule has 0 saturated heterocycles. The maximum absolute atomic E-state index is 5.76. The first-order valence-electron chi connectivity index (χ1n) is 2.38. The van der Waals surface area contributed by atoms with Crippen molar-refractivity contribution >= 4 is 55.9 Å². The van der Waals surface area contributed by atoms with Gasteiger partial charge in [-0.15, -0.1) is 0 Å². The van der Waals surface area contributed by atoms with Crippen LogP contribution in [0.1, 0.15) is 0 Å². The van der Waals surface area contributed by atoms with Crippen LogP contribution in [0.2, 0.25) is 5.02 Å². The number of anilines is 1. The number of pyridine rings is 1. The van der Waals surface area contributed by atoms with Crippen molar-refractivity contribution in [3.63, 3.8) is 0 Å². The fourth-order valence-electron chi connectivity index (χ4n) is 0.486. The van der Waals surface area contributed by atoms with Gasteiger partial charge >= 0.3 is 0 Å². The SMILES string of the molecule is Nc1cc(Cl)c(I)c(Br)n1. The lowest BCUT2D eigenvalue weighted by Gasteiger charge is -1.98. The lowest BCUT2D eigenvalue weighted by molar-refractivity contribution is 1.26. The standard InChI is InChI=1S/C5H3BrClIN2/c6-5-4(8)2(7)1-3(9)10-5/h1H,(H2,9,10). The Kier molecular flexibility index (Phi) is 2.76. The number of nitrogens with zero attached hydrogens (tertiary/aromatic N) is 1. The van der Waals surface area contributed by atoms with Crippen molar-refractivity contribution in [3.05, 3.63) is 19.3 Å². The number of halogens is 3.